The number of nitrogens with zero attached hydrogens (tertiary/aromatic N) is 3. The fraction of sp³-hybridized carbons (Fsp3) is 0.312. The van der Waals surface area contributed by atoms with E-state index in [1.54, 1.807) is 14.8 Å². The highest BCUT2D eigenvalue weighted by Crippen LogP contribution is 2.63. The Labute approximate surface area is 138 Å². The van der Waals surface area contributed by atoms with Crippen molar-refractivity contribution in [2.45, 2.75) is 13.3 Å². The van der Waals surface area contributed by atoms with Crippen molar-refractivity contribution in [3.8, 4) is 0 Å². The van der Waals surface area contributed by atoms with Crippen LogP contribution in [0.3, 0.4) is 0 Å². The molecule has 0 saturated carbocycles. The molecule has 1 aliphatic rings. The number of para-hydroxylation sites is 2. The molecule has 2 aromatic rings. The van der Waals surface area contributed by atoms with Gasteiger partial charge < -0.3 is 5.32 Å². The molecule has 3 N–H and O–H groups in total. The molecule has 0 radical (unpaired) electrons. The van der Waals surface area contributed by atoms with E-state index < -0.39 is 11.0 Å². The van der Waals surface area contributed by atoms with Crippen LogP contribution in [0, 0.1) is 6.92 Å². The minimum absolute atomic E-state index is 0.541. The van der Waals surface area contributed by atoms with Crippen LogP contribution in [0.5, 0.6) is 0 Å². The van der Waals surface area contributed by atoms with E-state index in [1.165, 1.54) is 0 Å². The maximum Gasteiger partial charge on any atom is 0.153 e. The van der Waals surface area contributed by atoms with Crippen molar-refractivity contribution in [2.75, 3.05) is 28.7 Å². The summed E-state index contributed by atoms with van der Waals surface area (Å²) in [5.74, 6) is 0.541. The summed E-state index contributed by atoms with van der Waals surface area (Å²) >= 11 is 0. The Kier molecular flexibility index (Phi) is 4.45. The monoisotopic (exact) mass is 334 g/mol. The predicted molar refractivity (Wildman–Crippen MR) is 96.3 cm³/mol. The van der Waals surface area contributed by atoms with Crippen molar-refractivity contribution in [3.63, 3.8) is 0 Å². The molecule has 2 heterocycles. The first-order chi connectivity index (χ1) is 11.1. The van der Waals surface area contributed by atoms with E-state index >= 15 is 0 Å². The predicted octanol–water partition coefficient (Wildman–Crippen LogP) is 3.54. The number of aryl methyl sites for hydroxylation is 1. The van der Waals surface area contributed by atoms with Crippen LogP contribution < -0.4 is 13.9 Å². The molecule has 23 heavy (non-hydrogen) atoms. The summed E-state index contributed by atoms with van der Waals surface area (Å²) in [6.45, 7) is 3.33. The molecule has 0 bridgehead atoms. The van der Waals surface area contributed by atoms with Gasteiger partial charge in [0.15, 0.2) is 5.82 Å². The number of hydrogen-bond acceptors (Lipinski definition) is 6. The van der Waals surface area contributed by atoms with E-state index in [4.69, 9.17) is 0 Å². The van der Waals surface area contributed by atoms with Crippen LogP contribution >= 0.6 is 11.0 Å². The van der Waals surface area contributed by atoms with Crippen LogP contribution in [-0.2, 0) is 0 Å². The summed E-state index contributed by atoms with van der Waals surface area (Å²) < 4.78 is 25.0. The first kappa shape index (κ1) is 16.1. The Morgan fingerprint density at radius 3 is 2.52 bits per heavy atom. The number of anilines is 3. The maximum atomic E-state index is 10.9. The van der Waals surface area contributed by atoms with Crippen molar-refractivity contribution in [2.24, 2.45) is 0 Å². The van der Waals surface area contributed by atoms with Crippen molar-refractivity contribution in [1.82, 2.24) is 10.3 Å². The zero-order chi connectivity index (χ0) is 16.4. The molecule has 6 nitrogen and oxygen atoms in total. The van der Waals surface area contributed by atoms with Gasteiger partial charge in [0.2, 0.25) is 0 Å². The van der Waals surface area contributed by atoms with Crippen LogP contribution in [0.25, 0.3) is 0 Å². The molecule has 0 amide bonds. The SMILES string of the molecule is CNCCCN1c2ccccc2N(c2ccc(C)cn2)S1(O)O. The second-order valence-corrected chi connectivity index (χ2v) is 7.31. The zero-order valence-electron chi connectivity index (χ0n) is 13.3. The first-order valence-electron chi connectivity index (χ1n) is 7.58. The van der Waals surface area contributed by atoms with Gasteiger partial charge >= 0.3 is 0 Å². The van der Waals surface area contributed by atoms with Crippen LogP contribution in [0.1, 0.15) is 12.0 Å². The Morgan fingerprint density at radius 1 is 1.13 bits per heavy atom. The molecule has 0 aliphatic carbocycles. The summed E-state index contributed by atoms with van der Waals surface area (Å²) in [7, 11) is -1.27. The summed E-state index contributed by atoms with van der Waals surface area (Å²) in [6.07, 6.45) is 2.55. The van der Waals surface area contributed by atoms with Gasteiger partial charge in [-0.1, -0.05) is 18.2 Å². The molecular weight excluding hydrogens is 312 g/mol. The number of hydrogen-bond donors (Lipinski definition) is 3. The van der Waals surface area contributed by atoms with Gasteiger partial charge in [0.05, 0.1) is 11.4 Å². The van der Waals surface area contributed by atoms with Gasteiger partial charge in [-0.25, -0.2) is 9.29 Å². The molecule has 7 heteroatoms. The van der Waals surface area contributed by atoms with E-state index in [-0.39, 0.29) is 0 Å². The van der Waals surface area contributed by atoms with Crippen molar-refractivity contribution >= 4 is 28.2 Å². The zero-order valence-corrected chi connectivity index (χ0v) is 14.1. The second kappa shape index (κ2) is 6.37. The van der Waals surface area contributed by atoms with Crippen LogP contribution in [0.2, 0.25) is 0 Å². The molecule has 0 fully saturated rings. The summed E-state index contributed by atoms with van der Waals surface area (Å²) in [4.78, 5) is 4.37. The van der Waals surface area contributed by atoms with Gasteiger partial charge in [0.1, 0.15) is 0 Å². The number of pyridine rings is 1. The van der Waals surface area contributed by atoms with Crippen molar-refractivity contribution < 1.29 is 9.11 Å². The summed E-state index contributed by atoms with van der Waals surface area (Å²) in [6, 6.07) is 11.3. The van der Waals surface area contributed by atoms with Crippen LogP contribution in [-0.4, -0.2) is 34.2 Å². The minimum atomic E-state index is -3.16. The average Bonchev–Trinajstić information content (AvgIpc) is 2.76. The maximum absolute atomic E-state index is 10.9. The van der Waals surface area contributed by atoms with Gasteiger partial charge in [-0.3, -0.25) is 13.4 Å². The highest BCUT2D eigenvalue weighted by atomic mass is 32.3. The van der Waals surface area contributed by atoms with Gasteiger partial charge in [-0.05, 0) is 61.7 Å². The van der Waals surface area contributed by atoms with E-state index in [1.807, 2.05) is 50.4 Å². The lowest BCUT2D eigenvalue weighted by molar-refractivity contribution is 0.483. The lowest BCUT2D eigenvalue weighted by Gasteiger charge is -2.43. The number of fused-ring (bicyclic) bond motifs is 1. The molecular formula is C16H22N4O2S. The number of benzene rings is 1. The Morgan fingerprint density at radius 2 is 1.87 bits per heavy atom. The number of aromatic nitrogens is 1. The average molecular weight is 334 g/mol. The van der Waals surface area contributed by atoms with Crippen molar-refractivity contribution in [3.05, 3.63) is 48.2 Å². The molecule has 0 saturated heterocycles. The van der Waals surface area contributed by atoms with E-state index in [9.17, 15) is 9.11 Å². The minimum Gasteiger partial charge on any atom is -0.320 e. The summed E-state index contributed by atoms with van der Waals surface area (Å²) in [5.41, 5.74) is 2.63. The molecule has 1 aromatic carbocycles. The molecule has 0 spiro atoms. The molecule has 3 rings (SSSR count). The number of nitrogens with one attached hydrogen (secondary N) is 1. The molecule has 1 aliphatic heterocycles. The lowest BCUT2D eigenvalue weighted by atomic mass is 10.2. The first-order valence-corrected chi connectivity index (χ1v) is 9.04. The molecule has 1 aromatic heterocycles. The van der Waals surface area contributed by atoms with Gasteiger partial charge in [-0.2, -0.15) is 0 Å². The highest BCUT2D eigenvalue weighted by Gasteiger charge is 2.41. The largest absolute Gasteiger partial charge is 0.320 e. The van der Waals surface area contributed by atoms with Crippen LogP contribution in [0.4, 0.5) is 17.2 Å². The molecule has 0 unspecified atom stereocenters. The third-order valence-corrected chi connectivity index (χ3v) is 5.65. The van der Waals surface area contributed by atoms with Gasteiger partial charge in [-0.15, -0.1) is 0 Å². The van der Waals surface area contributed by atoms with Gasteiger partial charge in [0, 0.05) is 12.7 Å². The smallest absolute Gasteiger partial charge is 0.153 e. The van der Waals surface area contributed by atoms with E-state index in [2.05, 4.69) is 10.3 Å². The lowest BCUT2D eigenvalue weighted by Crippen LogP contribution is -2.33. The van der Waals surface area contributed by atoms with Gasteiger partial charge in [0.25, 0.3) is 0 Å². The van der Waals surface area contributed by atoms with Crippen LogP contribution in [0.15, 0.2) is 42.6 Å². The Bertz CT molecular complexity index is 678. The molecule has 0 atom stereocenters. The second-order valence-electron chi connectivity index (χ2n) is 5.53. The Balaban J connectivity index is 2.01. The standard InChI is InChI=1S/C16H22N4O2S/c1-13-8-9-16(18-12-13)20-15-7-4-3-6-14(15)19(23(20,21)22)11-5-10-17-2/h3-4,6-9,12,17,21-22H,5,10-11H2,1-2H3. The topological polar surface area (TPSA) is 71.9 Å². The quantitative estimate of drug-likeness (QED) is 0.727. The summed E-state index contributed by atoms with van der Waals surface area (Å²) in [5, 5.41) is 3.09. The van der Waals surface area contributed by atoms with E-state index in [0.717, 1.165) is 29.9 Å². The molecule has 124 valence electrons. The number of rotatable bonds is 5. The van der Waals surface area contributed by atoms with Crippen molar-refractivity contribution in [1.29, 1.82) is 0 Å². The normalized spacial score (nSPS) is 17.2. The highest BCUT2D eigenvalue weighted by molar-refractivity contribution is 8.27. The Hall–Kier alpha value is -1.80. The van der Waals surface area contributed by atoms with E-state index in [0.29, 0.717) is 12.4 Å². The third kappa shape index (κ3) is 2.88. The third-order valence-electron chi connectivity index (χ3n) is 3.80. The fourth-order valence-corrected chi connectivity index (χ4v) is 4.45. The fourth-order valence-electron chi connectivity index (χ4n) is 2.68.